The number of nitrogens with zero attached hydrogens (tertiary/aromatic N) is 2. The molecule has 0 amide bonds. The van der Waals surface area contributed by atoms with Crippen LogP contribution >= 0.6 is 0 Å². The molecule has 0 bridgehead atoms. The second-order valence-electron chi connectivity index (χ2n) is 8.74. The topological polar surface area (TPSA) is 101 Å². The summed E-state index contributed by atoms with van der Waals surface area (Å²) in [6.07, 6.45) is 2.71. The van der Waals surface area contributed by atoms with E-state index in [1.54, 1.807) is 0 Å². The summed E-state index contributed by atoms with van der Waals surface area (Å²) < 4.78 is 0. The minimum Gasteiger partial charge on any atom is -0.502 e. The number of aromatic nitrogens is 2. The van der Waals surface area contributed by atoms with Crippen molar-refractivity contribution < 1.29 is 10.2 Å². The predicted molar refractivity (Wildman–Crippen MR) is 132 cm³/mol. The molecule has 34 heavy (non-hydrogen) atoms. The average Bonchev–Trinajstić information content (AvgIpc) is 3.40. The number of hydrogen-bond acceptors (Lipinski definition) is 6. The first-order valence-corrected chi connectivity index (χ1v) is 11.5. The summed E-state index contributed by atoms with van der Waals surface area (Å²) in [4.78, 5) is 20.3. The molecule has 7 heteroatoms. The molecule has 2 heterocycles. The van der Waals surface area contributed by atoms with E-state index in [9.17, 15) is 15.0 Å². The van der Waals surface area contributed by atoms with Crippen LogP contribution in [0.2, 0.25) is 0 Å². The molecule has 3 aromatic rings. The van der Waals surface area contributed by atoms with Crippen LogP contribution in [-0.4, -0.2) is 57.9 Å². The monoisotopic (exact) mass is 458 g/mol. The van der Waals surface area contributed by atoms with E-state index in [-0.39, 0.29) is 24.6 Å². The molecule has 1 aliphatic rings. The highest BCUT2D eigenvalue weighted by Crippen LogP contribution is 2.22. The minimum atomic E-state index is -0.585. The second kappa shape index (κ2) is 11.1. The van der Waals surface area contributed by atoms with E-state index in [2.05, 4.69) is 63.3 Å². The molecular formula is C27H30N4O3. The van der Waals surface area contributed by atoms with Crippen molar-refractivity contribution in [3.8, 4) is 17.6 Å². The molecule has 1 aliphatic heterocycles. The highest BCUT2D eigenvalue weighted by Gasteiger charge is 2.19. The van der Waals surface area contributed by atoms with E-state index in [1.165, 1.54) is 18.3 Å². The maximum atomic E-state index is 11.6. The second-order valence-corrected chi connectivity index (χ2v) is 8.74. The van der Waals surface area contributed by atoms with Crippen molar-refractivity contribution in [1.82, 2.24) is 20.2 Å². The third kappa shape index (κ3) is 5.91. The third-order valence-electron chi connectivity index (χ3n) is 6.34. The lowest BCUT2D eigenvalue weighted by Crippen LogP contribution is -2.32. The van der Waals surface area contributed by atoms with Crippen LogP contribution in [0, 0.1) is 11.8 Å². The number of rotatable bonds is 7. The van der Waals surface area contributed by atoms with Gasteiger partial charge in [-0.05, 0) is 55.4 Å². The van der Waals surface area contributed by atoms with Gasteiger partial charge in [0, 0.05) is 42.6 Å². The predicted octanol–water partition coefficient (Wildman–Crippen LogP) is 1.99. The van der Waals surface area contributed by atoms with Crippen LogP contribution in [0.25, 0.3) is 0 Å². The molecular weight excluding hydrogens is 428 g/mol. The standard InChI is InChI=1S/C27H30N4O3/c1-31(24-12-13-28-15-24)16-21-6-4-19(5-7-21)2-3-20-8-10-22(11-9-20)23(17-32)14-25-26(33)27(34)30-18-29-25/h4-11,18,23-24,28,32-33H,12-17H2,1H3,(H,29,30,34)/t23?,24-/m1/s1. The van der Waals surface area contributed by atoms with Gasteiger partial charge < -0.3 is 20.5 Å². The number of aromatic hydroxyl groups is 1. The summed E-state index contributed by atoms with van der Waals surface area (Å²) >= 11 is 0. The van der Waals surface area contributed by atoms with Crippen molar-refractivity contribution >= 4 is 0 Å². The fourth-order valence-corrected chi connectivity index (χ4v) is 4.21. The number of aliphatic hydroxyl groups is 1. The van der Waals surface area contributed by atoms with Gasteiger partial charge in [-0.1, -0.05) is 36.1 Å². The van der Waals surface area contributed by atoms with Crippen LogP contribution in [0.5, 0.6) is 5.75 Å². The molecule has 1 aromatic heterocycles. The quantitative estimate of drug-likeness (QED) is 0.404. The largest absolute Gasteiger partial charge is 0.502 e. The Morgan fingerprint density at radius 2 is 1.79 bits per heavy atom. The molecule has 1 saturated heterocycles. The van der Waals surface area contributed by atoms with Crippen LogP contribution in [0.15, 0.2) is 59.7 Å². The Hall–Kier alpha value is -3.44. The summed E-state index contributed by atoms with van der Waals surface area (Å²) in [7, 11) is 2.18. The number of benzene rings is 2. The van der Waals surface area contributed by atoms with Crippen LogP contribution < -0.4 is 10.9 Å². The average molecular weight is 459 g/mol. The third-order valence-corrected chi connectivity index (χ3v) is 6.34. The maximum absolute atomic E-state index is 11.6. The molecule has 0 aliphatic carbocycles. The molecule has 176 valence electrons. The van der Waals surface area contributed by atoms with E-state index in [0.29, 0.717) is 6.04 Å². The molecule has 0 radical (unpaired) electrons. The van der Waals surface area contributed by atoms with Gasteiger partial charge in [0.1, 0.15) is 0 Å². The Kier molecular flexibility index (Phi) is 7.76. The molecule has 2 atom stereocenters. The van der Waals surface area contributed by atoms with E-state index in [1.807, 2.05) is 24.3 Å². The Morgan fingerprint density at radius 1 is 1.12 bits per heavy atom. The molecule has 4 N–H and O–H groups in total. The Morgan fingerprint density at radius 3 is 2.41 bits per heavy atom. The summed E-state index contributed by atoms with van der Waals surface area (Å²) in [5, 5.41) is 23.2. The van der Waals surface area contributed by atoms with Gasteiger partial charge in [-0.3, -0.25) is 9.69 Å². The fraction of sp³-hybridized carbons (Fsp3) is 0.333. The van der Waals surface area contributed by atoms with Crippen LogP contribution in [0.1, 0.15) is 40.3 Å². The number of likely N-dealkylation sites (N-methyl/N-ethyl adjacent to an activating group) is 1. The van der Waals surface area contributed by atoms with Crippen molar-refractivity contribution in [3.05, 3.63) is 93.2 Å². The number of nitrogens with one attached hydrogen (secondary N) is 2. The van der Waals surface area contributed by atoms with Crippen molar-refractivity contribution in [2.75, 3.05) is 26.7 Å². The van der Waals surface area contributed by atoms with E-state index in [4.69, 9.17) is 0 Å². The molecule has 2 aromatic carbocycles. The molecule has 0 saturated carbocycles. The van der Waals surface area contributed by atoms with Gasteiger partial charge in [-0.15, -0.1) is 0 Å². The lowest BCUT2D eigenvalue weighted by molar-refractivity contribution is 0.249. The van der Waals surface area contributed by atoms with Gasteiger partial charge in [0.2, 0.25) is 5.75 Å². The van der Waals surface area contributed by atoms with Crippen molar-refractivity contribution in [1.29, 1.82) is 0 Å². The lowest BCUT2D eigenvalue weighted by atomic mass is 9.94. The maximum Gasteiger partial charge on any atom is 0.293 e. The van der Waals surface area contributed by atoms with Gasteiger partial charge in [-0.25, -0.2) is 4.98 Å². The first kappa shape index (κ1) is 23.7. The summed E-state index contributed by atoms with van der Waals surface area (Å²) in [6, 6.07) is 16.6. The SMILES string of the molecule is CN(Cc1ccc(C#Cc2ccc(C(CO)Cc3nc[nH]c(=O)c3O)cc2)cc1)[C@@H]1CCNC1. The molecule has 1 fully saturated rings. The van der Waals surface area contributed by atoms with E-state index < -0.39 is 11.3 Å². The number of aliphatic hydroxyl groups excluding tert-OH is 1. The number of hydrogen-bond donors (Lipinski definition) is 4. The number of aromatic amines is 1. The van der Waals surface area contributed by atoms with Crippen LogP contribution in [-0.2, 0) is 13.0 Å². The van der Waals surface area contributed by atoms with Crippen LogP contribution in [0.3, 0.4) is 0 Å². The zero-order valence-corrected chi connectivity index (χ0v) is 19.3. The number of H-pyrrole nitrogens is 1. The van der Waals surface area contributed by atoms with Crippen molar-refractivity contribution in [3.63, 3.8) is 0 Å². The first-order chi connectivity index (χ1) is 16.5. The van der Waals surface area contributed by atoms with Crippen LogP contribution in [0.4, 0.5) is 0 Å². The summed E-state index contributed by atoms with van der Waals surface area (Å²) in [6.45, 7) is 2.96. The highest BCUT2D eigenvalue weighted by molar-refractivity contribution is 5.44. The molecule has 4 rings (SSSR count). The van der Waals surface area contributed by atoms with Gasteiger partial charge in [0.25, 0.3) is 5.56 Å². The van der Waals surface area contributed by atoms with E-state index >= 15 is 0 Å². The lowest BCUT2D eigenvalue weighted by Gasteiger charge is -2.23. The first-order valence-electron chi connectivity index (χ1n) is 11.5. The zero-order chi connectivity index (χ0) is 23.9. The Labute approximate surface area is 199 Å². The van der Waals surface area contributed by atoms with Gasteiger partial charge in [-0.2, -0.15) is 0 Å². The Balaban J connectivity index is 1.38. The fourth-order valence-electron chi connectivity index (χ4n) is 4.21. The van der Waals surface area contributed by atoms with Gasteiger partial charge >= 0.3 is 0 Å². The normalized spacial score (nSPS) is 16.3. The zero-order valence-electron chi connectivity index (χ0n) is 19.3. The Bertz CT molecular complexity index is 1200. The van der Waals surface area contributed by atoms with Crippen molar-refractivity contribution in [2.45, 2.75) is 31.3 Å². The van der Waals surface area contributed by atoms with Crippen molar-refractivity contribution in [2.24, 2.45) is 0 Å². The highest BCUT2D eigenvalue weighted by atomic mass is 16.3. The summed E-state index contributed by atoms with van der Waals surface area (Å²) in [5.74, 6) is 5.71. The molecule has 1 unspecified atom stereocenters. The molecule has 7 nitrogen and oxygen atoms in total. The molecule has 0 spiro atoms. The van der Waals surface area contributed by atoms with Gasteiger partial charge in [0.05, 0.1) is 18.6 Å². The minimum absolute atomic E-state index is 0.127. The van der Waals surface area contributed by atoms with Gasteiger partial charge in [0.15, 0.2) is 0 Å². The smallest absolute Gasteiger partial charge is 0.293 e. The summed E-state index contributed by atoms with van der Waals surface area (Å²) in [5.41, 5.74) is 3.68. The van der Waals surface area contributed by atoms with E-state index in [0.717, 1.165) is 36.3 Å².